The van der Waals surface area contributed by atoms with Gasteiger partial charge >= 0.3 is 6.09 Å². The Morgan fingerprint density at radius 2 is 1.88 bits per heavy atom. The third-order valence-electron chi connectivity index (χ3n) is 5.42. The van der Waals surface area contributed by atoms with Gasteiger partial charge in [-0.05, 0) is 51.4 Å². The van der Waals surface area contributed by atoms with E-state index in [1.165, 1.54) is 51.6 Å². The molecule has 1 heterocycles. The van der Waals surface area contributed by atoms with E-state index in [4.69, 9.17) is 4.74 Å². The van der Waals surface area contributed by atoms with Crippen molar-refractivity contribution >= 4 is 36.0 Å². The van der Waals surface area contributed by atoms with Crippen LogP contribution in [-0.4, -0.2) is 68.4 Å². The quantitative estimate of drug-likeness (QED) is 0.296. The van der Waals surface area contributed by atoms with Gasteiger partial charge in [0.25, 0.3) is 0 Å². The van der Waals surface area contributed by atoms with Gasteiger partial charge in [0, 0.05) is 38.8 Å². The zero-order valence-electron chi connectivity index (χ0n) is 16.0. The summed E-state index contributed by atoms with van der Waals surface area (Å²) >= 11 is 0. The smallest absolute Gasteiger partial charge is 0.407 e. The van der Waals surface area contributed by atoms with Crippen LogP contribution < -0.4 is 16.0 Å². The average molecular weight is 479 g/mol. The van der Waals surface area contributed by atoms with Gasteiger partial charge in [-0.25, -0.2) is 4.79 Å². The average Bonchev–Trinajstić information content (AvgIpc) is 3.50. The van der Waals surface area contributed by atoms with E-state index in [0.717, 1.165) is 12.0 Å². The molecule has 1 unspecified atom stereocenters. The van der Waals surface area contributed by atoms with E-state index in [1.54, 1.807) is 7.05 Å². The van der Waals surface area contributed by atoms with Gasteiger partial charge in [-0.1, -0.05) is 0 Å². The molecule has 1 atom stereocenters. The van der Waals surface area contributed by atoms with Crippen molar-refractivity contribution in [3.8, 4) is 0 Å². The Balaban J connectivity index is 0.00000243. The summed E-state index contributed by atoms with van der Waals surface area (Å²) in [7, 11) is 1.81. The number of aliphatic imine (C=N–C) groups is 1. The van der Waals surface area contributed by atoms with Gasteiger partial charge in [0.05, 0.1) is 12.6 Å². The second-order valence-electron chi connectivity index (χ2n) is 7.45. The third-order valence-corrected chi connectivity index (χ3v) is 5.42. The monoisotopic (exact) mass is 479 g/mol. The Labute approximate surface area is 174 Å². The molecule has 0 radical (unpaired) electrons. The molecule has 0 aromatic rings. The van der Waals surface area contributed by atoms with Crippen LogP contribution in [0.3, 0.4) is 0 Å². The predicted octanol–water partition coefficient (Wildman–Crippen LogP) is 1.92. The number of hydrogen-bond donors (Lipinski definition) is 3. The Bertz CT molecular complexity index is 474. The maximum absolute atomic E-state index is 11.7. The molecule has 1 amide bonds. The van der Waals surface area contributed by atoms with Crippen LogP contribution >= 0.6 is 24.0 Å². The highest BCUT2D eigenvalue weighted by atomic mass is 127. The molecule has 3 fully saturated rings. The molecule has 7 nitrogen and oxygen atoms in total. The number of carbonyl (C=O) groups is 1. The van der Waals surface area contributed by atoms with Crippen molar-refractivity contribution in [3.05, 3.63) is 0 Å². The van der Waals surface area contributed by atoms with Crippen molar-refractivity contribution < 1.29 is 9.53 Å². The van der Waals surface area contributed by atoms with E-state index in [9.17, 15) is 4.79 Å². The van der Waals surface area contributed by atoms with E-state index in [0.29, 0.717) is 25.1 Å². The number of piperidine rings is 1. The van der Waals surface area contributed by atoms with Crippen molar-refractivity contribution in [3.63, 3.8) is 0 Å². The normalized spacial score (nSPS) is 22.9. The van der Waals surface area contributed by atoms with Gasteiger partial charge in [-0.15, -0.1) is 24.0 Å². The van der Waals surface area contributed by atoms with Crippen molar-refractivity contribution in [2.75, 3.05) is 33.3 Å². The van der Waals surface area contributed by atoms with Crippen molar-refractivity contribution in [1.82, 2.24) is 20.9 Å². The summed E-state index contributed by atoms with van der Waals surface area (Å²) < 4.78 is 5.01. The topological polar surface area (TPSA) is 78.0 Å². The van der Waals surface area contributed by atoms with E-state index in [-0.39, 0.29) is 36.1 Å². The second-order valence-corrected chi connectivity index (χ2v) is 7.45. The number of likely N-dealkylation sites (tertiary alicyclic amines) is 1. The fraction of sp³-hybridized carbons (Fsp3) is 0.889. The Kier molecular flexibility index (Phi) is 8.72. The Hall–Kier alpha value is -0.770. The van der Waals surface area contributed by atoms with Crippen molar-refractivity contribution in [1.29, 1.82) is 0 Å². The summed E-state index contributed by atoms with van der Waals surface area (Å²) in [5.74, 6) is 1.39. The number of guanidine groups is 1. The van der Waals surface area contributed by atoms with Gasteiger partial charge in [-0.3, -0.25) is 4.99 Å². The zero-order valence-corrected chi connectivity index (χ0v) is 18.3. The van der Waals surface area contributed by atoms with E-state index in [2.05, 4.69) is 25.8 Å². The molecular formula is C18H34IN5O2. The Morgan fingerprint density at radius 3 is 2.42 bits per heavy atom. The molecule has 3 N–H and O–H groups in total. The molecule has 150 valence electrons. The molecular weight excluding hydrogens is 445 g/mol. The molecule has 1 aliphatic heterocycles. The number of rotatable bonds is 7. The molecule has 3 aliphatic rings. The molecule has 0 bridgehead atoms. The summed E-state index contributed by atoms with van der Waals surface area (Å²) in [4.78, 5) is 18.7. The minimum absolute atomic E-state index is 0. The van der Waals surface area contributed by atoms with Gasteiger partial charge in [0.1, 0.15) is 0 Å². The first-order valence-corrected chi connectivity index (χ1v) is 9.84. The number of halogens is 1. The first-order chi connectivity index (χ1) is 12.2. The maximum atomic E-state index is 11.7. The van der Waals surface area contributed by atoms with Crippen LogP contribution in [0.5, 0.6) is 0 Å². The summed E-state index contributed by atoms with van der Waals surface area (Å²) in [5, 5.41) is 9.91. The van der Waals surface area contributed by atoms with Crippen LogP contribution in [0.25, 0.3) is 0 Å². The molecule has 3 rings (SSSR count). The van der Waals surface area contributed by atoms with E-state index < -0.39 is 0 Å². The highest BCUT2D eigenvalue weighted by Crippen LogP contribution is 2.32. The lowest BCUT2D eigenvalue weighted by Crippen LogP contribution is -2.52. The fourth-order valence-corrected chi connectivity index (χ4v) is 3.60. The fourth-order valence-electron chi connectivity index (χ4n) is 3.60. The number of ether oxygens (including phenoxy) is 1. The molecule has 26 heavy (non-hydrogen) atoms. The van der Waals surface area contributed by atoms with Crippen LogP contribution in [0.1, 0.15) is 45.4 Å². The number of nitrogens with zero attached hydrogens (tertiary/aromatic N) is 2. The third kappa shape index (κ3) is 6.75. The molecule has 0 aromatic heterocycles. The number of carbonyl (C=O) groups excluding carboxylic acids is 1. The number of amides is 1. The molecule has 1 saturated heterocycles. The summed E-state index contributed by atoms with van der Waals surface area (Å²) in [6.07, 6.45) is 7.13. The number of nitrogens with one attached hydrogen (secondary N) is 3. The van der Waals surface area contributed by atoms with Crippen molar-refractivity contribution in [2.45, 2.75) is 63.6 Å². The molecule has 0 aromatic carbocycles. The van der Waals surface area contributed by atoms with Crippen LogP contribution in [0.4, 0.5) is 4.79 Å². The summed E-state index contributed by atoms with van der Waals surface area (Å²) in [5.41, 5.74) is 0. The van der Waals surface area contributed by atoms with Crippen LogP contribution in [-0.2, 0) is 4.74 Å². The van der Waals surface area contributed by atoms with Gasteiger partial charge in [0.15, 0.2) is 5.96 Å². The second kappa shape index (κ2) is 10.5. The largest absolute Gasteiger partial charge is 0.450 e. The summed E-state index contributed by atoms with van der Waals surface area (Å²) in [6.45, 7) is 5.29. The van der Waals surface area contributed by atoms with Crippen LogP contribution in [0.15, 0.2) is 4.99 Å². The summed E-state index contributed by atoms with van der Waals surface area (Å²) in [6, 6.07) is 1.46. The highest BCUT2D eigenvalue weighted by Gasteiger charge is 2.33. The molecule has 2 saturated carbocycles. The SMILES string of the molecule is CCOC(=O)NC(CNC(=NC)NC1CCN(C2CC2)CC1)C1CC1.I. The van der Waals surface area contributed by atoms with E-state index in [1.807, 2.05) is 6.92 Å². The molecule has 8 heteroatoms. The van der Waals surface area contributed by atoms with Crippen LogP contribution in [0, 0.1) is 5.92 Å². The molecule has 0 spiro atoms. The van der Waals surface area contributed by atoms with Gasteiger partial charge < -0.3 is 25.6 Å². The van der Waals surface area contributed by atoms with Crippen LogP contribution in [0.2, 0.25) is 0 Å². The first kappa shape index (κ1) is 21.5. The minimum Gasteiger partial charge on any atom is -0.450 e. The molecule has 2 aliphatic carbocycles. The number of alkyl carbamates (subject to hydrolysis) is 1. The first-order valence-electron chi connectivity index (χ1n) is 9.84. The highest BCUT2D eigenvalue weighted by molar-refractivity contribution is 14.0. The minimum atomic E-state index is -0.323. The standard InChI is InChI=1S/C18H33N5O2.HI/c1-3-25-18(24)22-16(13-4-5-13)12-20-17(19-2)21-14-8-10-23(11-9-14)15-6-7-15;/h13-16H,3-12H2,1-2H3,(H,22,24)(H2,19,20,21);1H. The zero-order chi connectivity index (χ0) is 17.6. The van der Waals surface area contributed by atoms with E-state index >= 15 is 0 Å². The lowest BCUT2D eigenvalue weighted by atomic mass is 10.1. The van der Waals surface area contributed by atoms with Gasteiger partial charge in [-0.2, -0.15) is 0 Å². The Morgan fingerprint density at radius 1 is 1.19 bits per heavy atom. The number of hydrogen-bond acceptors (Lipinski definition) is 4. The lowest BCUT2D eigenvalue weighted by molar-refractivity contribution is 0.146. The van der Waals surface area contributed by atoms with Crippen molar-refractivity contribution in [2.24, 2.45) is 10.9 Å². The predicted molar refractivity (Wildman–Crippen MR) is 114 cm³/mol. The lowest BCUT2D eigenvalue weighted by Gasteiger charge is -2.33. The maximum Gasteiger partial charge on any atom is 0.407 e. The van der Waals surface area contributed by atoms with Gasteiger partial charge in [0.2, 0.25) is 0 Å².